The van der Waals surface area contributed by atoms with Gasteiger partial charge in [0.2, 0.25) is 5.76 Å². The first-order valence-electron chi connectivity index (χ1n) is 10.5. The van der Waals surface area contributed by atoms with Gasteiger partial charge in [-0.15, -0.1) is 0 Å². The number of aryl methyl sites for hydroxylation is 2. The first kappa shape index (κ1) is 21.8. The van der Waals surface area contributed by atoms with Gasteiger partial charge in [0.15, 0.2) is 5.43 Å². The third kappa shape index (κ3) is 4.06. The summed E-state index contributed by atoms with van der Waals surface area (Å²) in [7, 11) is 0. The van der Waals surface area contributed by atoms with E-state index in [2.05, 4.69) is 15.9 Å². The lowest BCUT2D eigenvalue weighted by molar-refractivity contribution is 0.0593. The Morgan fingerprint density at radius 2 is 1.77 bits per heavy atom. The molecule has 1 aromatic heterocycles. The second-order valence-corrected chi connectivity index (χ2v) is 9.25. The molecule has 1 amide bonds. The van der Waals surface area contributed by atoms with Gasteiger partial charge in [-0.3, -0.25) is 9.59 Å². The molecule has 4 rings (SSSR count). The molecule has 6 heteroatoms. The van der Waals surface area contributed by atoms with Gasteiger partial charge in [-0.1, -0.05) is 28.1 Å². The summed E-state index contributed by atoms with van der Waals surface area (Å²) in [6, 6.07) is 11.0. The van der Waals surface area contributed by atoms with Crippen LogP contribution in [0.15, 0.2) is 50.1 Å². The maximum atomic E-state index is 13.6. The van der Waals surface area contributed by atoms with E-state index in [0.717, 1.165) is 21.2 Å². The Morgan fingerprint density at radius 3 is 2.45 bits per heavy atom. The molecule has 0 N–H and O–H groups in total. The van der Waals surface area contributed by atoms with Crippen LogP contribution in [0.3, 0.4) is 0 Å². The number of carbonyl (C=O) groups excluding carboxylic acids is 1. The van der Waals surface area contributed by atoms with E-state index in [1.165, 1.54) is 0 Å². The van der Waals surface area contributed by atoms with E-state index in [0.29, 0.717) is 36.1 Å². The molecule has 1 aliphatic heterocycles. The highest BCUT2D eigenvalue weighted by Gasteiger charge is 2.42. The van der Waals surface area contributed by atoms with E-state index >= 15 is 0 Å². The zero-order valence-corrected chi connectivity index (χ0v) is 19.8. The lowest BCUT2D eigenvalue weighted by Crippen LogP contribution is -2.31. The molecule has 3 aromatic rings. The van der Waals surface area contributed by atoms with Crippen LogP contribution in [0.4, 0.5) is 0 Å². The molecule has 2 heterocycles. The van der Waals surface area contributed by atoms with E-state index in [1.807, 2.05) is 64.1 Å². The minimum absolute atomic E-state index is 0.133. The van der Waals surface area contributed by atoms with Crippen molar-refractivity contribution in [3.8, 4) is 0 Å². The molecule has 1 unspecified atom stereocenters. The third-order valence-electron chi connectivity index (χ3n) is 5.76. The average molecular weight is 484 g/mol. The molecular formula is C25H26BrNO4. The van der Waals surface area contributed by atoms with E-state index in [1.54, 1.807) is 4.90 Å². The number of hydrogen-bond acceptors (Lipinski definition) is 4. The summed E-state index contributed by atoms with van der Waals surface area (Å²) in [4.78, 5) is 28.7. The second-order valence-electron chi connectivity index (χ2n) is 8.33. The smallest absolute Gasteiger partial charge is 0.290 e. The monoisotopic (exact) mass is 483 g/mol. The van der Waals surface area contributed by atoms with E-state index < -0.39 is 6.04 Å². The summed E-state index contributed by atoms with van der Waals surface area (Å²) in [5, 5.41) is 0.516. The highest BCUT2D eigenvalue weighted by molar-refractivity contribution is 9.10. The summed E-state index contributed by atoms with van der Waals surface area (Å²) in [6.45, 7) is 8.94. The fourth-order valence-corrected chi connectivity index (χ4v) is 4.32. The van der Waals surface area contributed by atoms with Gasteiger partial charge >= 0.3 is 0 Å². The predicted octanol–water partition coefficient (Wildman–Crippen LogP) is 5.53. The van der Waals surface area contributed by atoms with Crippen molar-refractivity contribution in [3.63, 3.8) is 0 Å². The molecule has 5 nitrogen and oxygen atoms in total. The Hall–Kier alpha value is -2.44. The molecule has 1 aliphatic rings. The second kappa shape index (κ2) is 8.60. The van der Waals surface area contributed by atoms with Crippen molar-refractivity contribution >= 4 is 32.8 Å². The van der Waals surface area contributed by atoms with Crippen LogP contribution in [0, 0.1) is 13.8 Å². The van der Waals surface area contributed by atoms with Crippen LogP contribution in [-0.4, -0.2) is 30.1 Å². The summed E-state index contributed by atoms with van der Waals surface area (Å²) >= 11 is 3.46. The largest absolute Gasteiger partial charge is 0.450 e. The minimum atomic E-state index is -0.475. The molecule has 31 heavy (non-hydrogen) atoms. The van der Waals surface area contributed by atoms with E-state index in [9.17, 15) is 9.59 Å². The van der Waals surface area contributed by atoms with Crippen molar-refractivity contribution in [1.82, 2.24) is 4.90 Å². The van der Waals surface area contributed by atoms with Crippen molar-refractivity contribution in [2.75, 3.05) is 13.2 Å². The molecule has 162 valence electrons. The van der Waals surface area contributed by atoms with Gasteiger partial charge in [0.1, 0.15) is 5.58 Å². The topological polar surface area (TPSA) is 59.8 Å². The zero-order valence-electron chi connectivity index (χ0n) is 18.2. The Balaban J connectivity index is 1.83. The summed E-state index contributed by atoms with van der Waals surface area (Å²) < 4.78 is 12.6. The van der Waals surface area contributed by atoms with Crippen LogP contribution < -0.4 is 5.43 Å². The van der Waals surface area contributed by atoms with Crippen molar-refractivity contribution in [2.24, 2.45) is 0 Å². The Labute approximate surface area is 190 Å². The highest BCUT2D eigenvalue weighted by Crippen LogP contribution is 2.38. The first-order chi connectivity index (χ1) is 14.8. The lowest BCUT2D eigenvalue weighted by Gasteiger charge is -2.25. The van der Waals surface area contributed by atoms with Crippen molar-refractivity contribution < 1.29 is 13.9 Å². The van der Waals surface area contributed by atoms with Gasteiger partial charge in [0.25, 0.3) is 5.91 Å². The molecule has 0 aliphatic carbocycles. The molecule has 2 aromatic carbocycles. The van der Waals surface area contributed by atoms with Crippen LogP contribution in [0.1, 0.15) is 59.1 Å². The first-order valence-corrected chi connectivity index (χ1v) is 11.3. The van der Waals surface area contributed by atoms with Crippen LogP contribution >= 0.6 is 15.9 Å². The molecular weight excluding hydrogens is 458 g/mol. The number of benzene rings is 2. The van der Waals surface area contributed by atoms with Gasteiger partial charge in [0, 0.05) is 17.6 Å². The SMILES string of the molecule is Cc1cc2oc3c(c(=O)c2cc1C)C(c1ccc(Br)cc1)N(CCCOC(C)C)C3=O. The number of ether oxygens (including phenoxy) is 1. The number of fused-ring (bicyclic) bond motifs is 2. The van der Waals surface area contributed by atoms with Crippen LogP contribution in [0.5, 0.6) is 0 Å². The Bertz CT molecular complexity index is 1200. The number of nitrogens with zero attached hydrogens (tertiary/aromatic N) is 1. The average Bonchev–Trinajstić information content (AvgIpc) is 3.00. The standard InChI is InChI=1S/C25H26BrNO4/c1-14(2)30-11-5-10-27-22(17-6-8-18(26)9-7-17)21-23(28)19-12-15(3)16(4)13-20(19)31-24(21)25(27)29/h6-9,12-14,22H,5,10-11H2,1-4H3. The van der Waals surface area contributed by atoms with Crippen LogP contribution in [0.2, 0.25) is 0 Å². The number of halogens is 1. The molecule has 0 radical (unpaired) electrons. The van der Waals surface area contributed by atoms with Crippen LogP contribution in [0.25, 0.3) is 11.0 Å². The summed E-state index contributed by atoms with van der Waals surface area (Å²) in [6.07, 6.45) is 0.811. The normalized spacial score (nSPS) is 15.9. The summed E-state index contributed by atoms with van der Waals surface area (Å²) in [5.74, 6) is -0.0943. The third-order valence-corrected chi connectivity index (χ3v) is 6.29. The van der Waals surface area contributed by atoms with Crippen molar-refractivity contribution in [2.45, 2.75) is 46.3 Å². The van der Waals surface area contributed by atoms with Gasteiger partial charge in [-0.25, -0.2) is 0 Å². The minimum Gasteiger partial charge on any atom is -0.450 e. The Kier molecular flexibility index (Phi) is 6.04. The van der Waals surface area contributed by atoms with Gasteiger partial charge in [0.05, 0.1) is 23.1 Å². The number of rotatable bonds is 6. The van der Waals surface area contributed by atoms with E-state index in [-0.39, 0.29) is 23.2 Å². The van der Waals surface area contributed by atoms with E-state index in [4.69, 9.17) is 9.15 Å². The van der Waals surface area contributed by atoms with Crippen molar-refractivity contribution in [3.05, 3.63) is 79.1 Å². The Morgan fingerprint density at radius 1 is 1.10 bits per heavy atom. The van der Waals surface area contributed by atoms with Gasteiger partial charge in [-0.05, 0) is 75.1 Å². The summed E-state index contributed by atoms with van der Waals surface area (Å²) in [5.41, 5.74) is 3.67. The maximum Gasteiger partial charge on any atom is 0.290 e. The number of amides is 1. The maximum absolute atomic E-state index is 13.6. The molecule has 0 saturated carbocycles. The molecule has 0 saturated heterocycles. The molecule has 0 fully saturated rings. The molecule has 0 spiro atoms. The van der Waals surface area contributed by atoms with Gasteiger partial charge < -0.3 is 14.1 Å². The lowest BCUT2D eigenvalue weighted by atomic mass is 9.97. The van der Waals surface area contributed by atoms with Crippen LogP contribution in [-0.2, 0) is 4.74 Å². The highest BCUT2D eigenvalue weighted by atomic mass is 79.9. The number of carbonyl (C=O) groups is 1. The predicted molar refractivity (Wildman–Crippen MR) is 125 cm³/mol. The fraction of sp³-hybridized carbons (Fsp3) is 0.360. The molecule has 1 atom stereocenters. The zero-order chi connectivity index (χ0) is 22.3. The van der Waals surface area contributed by atoms with Crippen molar-refractivity contribution in [1.29, 1.82) is 0 Å². The van der Waals surface area contributed by atoms with Gasteiger partial charge in [-0.2, -0.15) is 0 Å². The molecule has 0 bridgehead atoms. The quantitative estimate of drug-likeness (QED) is 0.432. The number of hydrogen-bond donors (Lipinski definition) is 0. The fourth-order valence-electron chi connectivity index (χ4n) is 4.05.